The smallest absolute Gasteiger partial charge is 0.244 e. The minimum atomic E-state index is 0. The molecule has 0 saturated carbocycles. The van der Waals surface area contributed by atoms with E-state index < -0.39 is 0 Å². The summed E-state index contributed by atoms with van der Waals surface area (Å²) in [7, 11) is 0. The average Bonchev–Trinajstić information content (AvgIpc) is 2.89. The van der Waals surface area contributed by atoms with Crippen LogP contribution in [0.25, 0.3) is 11.4 Å². The van der Waals surface area contributed by atoms with E-state index in [1.807, 2.05) is 24.3 Å². The topological polar surface area (TPSA) is 51.0 Å². The molecule has 1 aromatic heterocycles. The molecule has 0 bridgehead atoms. The Bertz CT molecular complexity index is 538. The largest absolute Gasteiger partial charge is 0.337 e. The van der Waals surface area contributed by atoms with E-state index >= 15 is 0 Å². The third-order valence-electron chi connectivity index (χ3n) is 3.13. The lowest BCUT2D eigenvalue weighted by Gasteiger charge is -2.19. The van der Waals surface area contributed by atoms with Gasteiger partial charge in [0, 0.05) is 10.6 Å². The molecule has 1 atom stereocenters. The van der Waals surface area contributed by atoms with E-state index in [9.17, 15) is 0 Å². The van der Waals surface area contributed by atoms with Gasteiger partial charge in [-0.05, 0) is 31.5 Å². The molecular weight excluding hydrogens is 285 g/mol. The molecule has 6 heteroatoms. The summed E-state index contributed by atoms with van der Waals surface area (Å²) in [6.45, 7) is 1.01. The van der Waals surface area contributed by atoms with E-state index in [0.717, 1.165) is 18.5 Å². The predicted molar refractivity (Wildman–Crippen MR) is 76.6 cm³/mol. The van der Waals surface area contributed by atoms with Crippen LogP contribution in [-0.4, -0.2) is 16.7 Å². The molecule has 0 spiro atoms. The van der Waals surface area contributed by atoms with E-state index in [-0.39, 0.29) is 18.4 Å². The number of nitrogens with one attached hydrogen (secondary N) is 1. The molecule has 1 fully saturated rings. The van der Waals surface area contributed by atoms with Crippen LogP contribution in [0, 0.1) is 0 Å². The van der Waals surface area contributed by atoms with Crippen LogP contribution in [0.4, 0.5) is 0 Å². The molecule has 1 saturated heterocycles. The zero-order valence-electron chi connectivity index (χ0n) is 10.3. The second-order valence-electron chi connectivity index (χ2n) is 4.47. The number of hydrogen-bond acceptors (Lipinski definition) is 4. The van der Waals surface area contributed by atoms with Crippen LogP contribution < -0.4 is 5.32 Å². The van der Waals surface area contributed by atoms with Gasteiger partial charge in [0.15, 0.2) is 0 Å². The van der Waals surface area contributed by atoms with Crippen molar-refractivity contribution < 1.29 is 4.52 Å². The van der Waals surface area contributed by atoms with E-state index in [4.69, 9.17) is 16.1 Å². The fourth-order valence-corrected chi connectivity index (χ4v) is 2.37. The molecule has 2 aromatic rings. The van der Waals surface area contributed by atoms with Gasteiger partial charge in [0.1, 0.15) is 0 Å². The predicted octanol–water partition coefficient (Wildman–Crippen LogP) is 3.63. The first-order chi connectivity index (χ1) is 8.83. The van der Waals surface area contributed by atoms with Gasteiger partial charge in [0.25, 0.3) is 0 Å². The van der Waals surface area contributed by atoms with Gasteiger partial charge in [0.05, 0.1) is 6.04 Å². The van der Waals surface area contributed by atoms with E-state index in [0.29, 0.717) is 16.7 Å². The van der Waals surface area contributed by atoms with E-state index in [1.54, 1.807) is 0 Å². The fourth-order valence-electron chi connectivity index (χ4n) is 2.18. The summed E-state index contributed by atoms with van der Waals surface area (Å²) in [5.41, 5.74) is 0.883. The van der Waals surface area contributed by atoms with Crippen molar-refractivity contribution in [2.45, 2.75) is 25.3 Å². The highest BCUT2D eigenvalue weighted by Gasteiger charge is 2.21. The van der Waals surface area contributed by atoms with Crippen LogP contribution >= 0.6 is 24.0 Å². The lowest BCUT2D eigenvalue weighted by Crippen LogP contribution is -2.26. The molecule has 1 aromatic carbocycles. The molecule has 102 valence electrons. The van der Waals surface area contributed by atoms with Crippen molar-refractivity contribution in [3.05, 3.63) is 35.2 Å². The van der Waals surface area contributed by atoms with Gasteiger partial charge in [-0.1, -0.05) is 35.3 Å². The minimum Gasteiger partial charge on any atom is -0.337 e. The zero-order valence-corrected chi connectivity index (χ0v) is 11.9. The molecule has 0 unspecified atom stereocenters. The lowest BCUT2D eigenvalue weighted by molar-refractivity contribution is 0.297. The Kier molecular flexibility index (Phi) is 4.80. The number of rotatable bonds is 2. The lowest BCUT2D eigenvalue weighted by atomic mass is 10.1. The number of aromatic nitrogens is 2. The number of piperidine rings is 1. The molecule has 0 amide bonds. The van der Waals surface area contributed by atoms with Gasteiger partial charge in [0.2, 0.25) is 11.7 Å². The molecule has 2 heterocycles. The van der Waals surface area contributed by atoms with Crippen LogP contribution in [0.2, 0.25) is 5.02 Å². The molecule has 0 aliphatic carbocycles. The minimum absolute atomic E-state index is 0. The first-order valence-electron chi connectivity index (χ1n) is 6.16. The highest BCUT2D eigenvalue weighted by molar-refractivity contribution is 6.30. The Hall–Kier alpha value is -1.10. The Morgan fingerprint density at radius 3 is 2.95 bits per heavy atom. The number of benzene rings is 1. The normalized spacial score (nSPS) is 18.9. The summed E-state index contributed by atoms with van der Waals surface area (Å²) in [5.74, 6) is 1.27. The fraction of sp³-hybridized carbons (Fsp3) is 0.385. The Balaban J connectivity index is 0.00000133. The Morgan fingerprint density at radius 1 is 1.32 bits per heavy atom. The molecule has 4 nitrogen and oxygen atoms in total. The summed E-state index contributed by atoms with van der Waals surface area (Å²) in [6, 6.07) is 7.67. The summed E-state index contributed by atoms with van der Waals surface area (Å²) >= 11 is 5.95. The van der Waals surface area contributed by atoms with Crippen LogP contribution in [0.1, 0.15) is 31.2 Å². The molecule has 1 N–H and O–H groups in total. The van der Waals surface area contributed by atoms with Gasteiger partial charge in [-0.25, -0.2) is 0 Å². The average molecular weight is 300 g/mol. The zero-order chi connectivity index (χ0) is 12.4. The van der Waals surface area contributed by atoms with Gasteiger partial charge in [-0.2, -0.15) is 4.98 Å². The van der Waals surface area contributed by atoms with Gasteiger partial charge >= 0.3 is 0 Å². The maximum absolute atomic E-state index is 5.95. The van der Waals surface area contributed by atoms with Crippen molar-refractivity contribution in [3.8, 4) is 11.4 Å². The van der Waals surface area contributed by atoms with Crippen molar-refractivity contribution in [2.75, 3.05) is 6.54 Å². The molecule has 3 rings (SSSR count). The van der Waals surface area contributed by atoms with E-state index in [1.165, 1.54) is 12.8 Å². The van der Waals surface area contributed by atoms with Crippen molar-refractivity contribution in [1.29, 1.82) is 0 Å². The van der Waals surface area contributed by atoms with Crippen molar-refractivity contribution >= 4 is 24.0 Å². The van der Waals surface area contributed by atoms with Gasteiger partial charge in [-0.15, -0.1) is 12.4 Å². The number of hydrogen-bond donors (Lipinski definition) is 1. The number of nitrogens with zero attached hydrogens (tertiary/aromatic N) is 2. The van der Waals surface area contributed by atoms with Crippen LogP contribution in [0.3, 0.4) is 0 Å². The highest BCUT2D eigenvalue weighted by atomic mass is 35.5. The SMILES string of the molecule is Cl.Clc1cccc(-c2noc([C@H]3CCCCN3)n2)c1. The summed E-state index contributed by atoms with van der Waals surface area (Å²) < 4.78 is 5.33. The maximum Gasteiger partial charge on any atom is 0.244 e. The second kappa shape index (κ2) is 6.37. The monoisotopic (exact) mass is 299 g/mol. The first kappa shape index (κ1) is 14.3. The molecule has 19 heavy (non-hydrogen) atoms. The maximum atomic E-state index is 5.95. The van der Waals surface area contributed by atoms with Crippen molar-refractivity contribution in [3.63, 3.8) is 0 Å². The highest BCUT2D eigenvalue weighted by Crippen LogP contribution is 2.25. The summed E-state index contributed by atoms with van der Waals surface area (Å²) in [5, 5.41) is 8.08. The van der Waals surface area contributed by atoms with Crippen LogP contribution in [0.15, 0.2) is 28.8 Å². The second-order valence-corrected chi connectivity index (χ2v) is 4.91. The summed E-state index contributed by atoms with van der Waals surface area (Å²) in [4.78, 5) is 4.45. The first-order valence-corrected chi connectivity index (χ1v) is 6.53. The van der Waals surface area contributed by atoms with Crippen molar-refractivity contribution in [1.82, 2.24) is 15.5 Å². The molecular formula is C13H15Cl2N3O. The third kappa shape index (κ3) is 3.26. The third-order valence-corrected chi connectivity index (χ3v) is 3.37. The van der Waals surface area contributed by atoms with E-state index in [2.05, 4.69) is 15.5 Å². The Morgan fingerprint density at radius 2 is 2.21 bits per heavy atom. The standard InChI is InChI=1S/C13H14ClN3O.ClH/c14-10-5-3-4-9(8-10)12-16-13(18-17-12)11-6-1-2-7-15-11;/h3-5,8,11,15H,1-2,6-7H2;1H/t11-;/m1./s1. The molecule has 0 radical (unpaired) electrons. The van der Waals surface area contributed by atoms with Gasteiger partial charge < -0.3 is 9.84 Å². The van der Waals surface area contributed by atoms with Gasteiger partial charge in [-0.3, -0.25) is 0 Å². The summed E-state index contributed by atoms with van der Waals surface area (Å²) in [6.07, 6.45) is 3.47. The quantitative estimate of drug-likeness (QED) is 0.920. The number of halogens is 2. The van der Waals surface area contributed by atoms with Crippen LogP contribution in [-0.2, 0) is 0 Å². The molecule has 1 aliphatic heterocycles. The van der Waals surface area contributed by atoms with Crippen molar-refractivity contribution in [2.24, 2.45) is 0 Å². The van der Waals surface area contributed by atoms with Crippen LogP contribution in [0.5, 0.6) is 0 Å². The molecule has 1 aliphatic rings. The Labute approximate surface area is 122 Å².